The molecule has 1 heterocycles. The van der Waals surface area contributed by atoms with Crippen molar-refractivity contribution in [2.45, 2.75) is 4.90 Å². The number of hydrogen-bond acceptors (Lipinski definition) is 5. The van der Waals surface area contributed by atoms with Gasteiger partial charge in [0.25, 0.3) is 10.0 Å². The van der Waals surface area contributed by atoms with Crippen LogP contribution in [0.3, 0.4) is 0 Å². The number of benzene rings is 1. The molecule has 98 valence electrons. The third-order valence-electron chi connectivity index (χ3n) is 2.04. The molecule has 0 unspecified atom stereocenters. The Kier molecular flexibility index (Phi) is 4.08. The normalized spacial score (nSPS) is 16.7. The van der Waals surface area contributed by atoms with E-state index in [9.17, 15) is 8.42 Å². The second-order valence-corrected chi connectivity index (χ2v) is 6.80. The molecule has 0 amide bonds. The fourth-order valence-electron chi connectivity index (χ4n) is 1.41. The van der Waals surface area contributed by atoms with Crippen LogP contribution in [-0.4, -0.2) is 31.1 Å². The number of sulfonamides is 1. The molecule has 2 N–H and O–H groups in total. The molecule has 1 aromatic rings. The van der Waals surface area contributed by atoms with Crippen molar-refractivity contribution < 1.29 is 13.5 Å². The predicted molar refractivity (Wildman–Crippen MR) is 74.2 cm³/mol. The van der Waals surface area contributed by atoms with Crippen LogP contribution < -0.4 is 5.32 Å². The summed E-state index contributed by atoms with van der Waals surface area (Å²) in [5.74, 6) is 0.338. The number of aliphatic hydroxyl groups excluding tert-OH is 1. The third kappa shape index (κ3) is 2.75. The number of thioether (sulfide) groups is 1. The highest BCUT2D eigenvalue weighted by Crippen LogP contribution is 2.37. The van der Waals surface area contributed by atoms with Crippen LogP contribution in [-0.2, 0) is 10.0 Å². The highest BCUT2D eigenvalue weighted by Gasteiger charge is 2.28. The van der Waals surface area contributed by atoms with E-state index >= 15 is 0 Å². The van der Waals surface area contributed by atoms with Gasteiger partial charge in [-0.25, -0.2) is 0 Å². The van der Waals surface area contributed by atoms with Crippen molar-refractivity contribution in [2.24, 2.45) is 4.40 Å². The molecule has 0 saturated carbocycles. The monoisotopic (exact) mass is 326 g/mol. The quantitative estimate of drug-likeness (QED) is 0.870. The van der Waals surface area contributed by atoms with Gasteiger partial charge in [0.15, 0.2) is 5.17 Å². The van der Waals surface area contributed by atoms with E-state index in [1.165, 1.54) is 12.1 Å². The van der Waals surface area contributed by atoms with Gasteiger partial charge in [0.05, 0.1) is 17.3 Å². The van der Waals surface area contributed by atoms with E-state index in [4.69, 9.17) is 28.3 Å². The largest absolute Gasteiger partial charge is 0.396 e. The number of hydrogen-bond donors (Lipinski definition) is 2. The summed E-state index contributed by atoms with van der Waals surface area (Å²) in [7, 11) is -3.84. The number of rotatable bonds is 2. The summed E-state index contributed by atoms with van der Waals surface area (Å²) in [6.45, 7) is -0.0748. The van der Waals surface area contributed by atoms with Gasteiger partial charge in [0.1, 0.15) is 4.90 Å². The second-order valence-electron chi connectivity index (χ2n) is 3.33. The Labute approximate surface area is 118 Å². The van der Waals surface area contributed by atoms with Gasteiger partial charge in [-0.1, -0.05) is 35.0 Å². The predicted octanol–water partition coefficient (Wildman–Crippen LogP) is 2.19. The van der Waals surface area contributed by atoms with Crippen LogP contribution in [0.1, 0.15) is 0 Å². The molecular formula is C9H8Cl2N2O3S2. The lowest BCUT2D eigenvalue weighted by Gasteiger charge is -2.18. The molecule has 0 bridgehead atoms. The second kappa shape index (κ2) is 5.26. The van der Waals surface area contributed by atoms with Crippen molar-refractivity contribution >= 4 is 55.8 Å². The Balaban J connectivity index is 2.48. The Morgan fingerprint density at radius 2 is 2.11 bits per heavy atom. The van der Waals surface area contributed by atoms with Crippen molar-refractivity contribution in [1.82, 2.24) is 0 Å². The van der Waals surface area contributed by atoms with Crippen LogP contribution in [0.5, 0.6) is 0 Å². The van der Waals surface area contributed by atoms with Gasteiger partial charge in [-0.15, -0.1) is 4.40 Å². The van der Waals surface area contributed by atoms with E-state index in [1.54, 1.807) is 0 Å². The van der Waals surface area contributed by atoms with Crippen LogP contribution >= 0.6 is 35.0 Å². The van der Waals surface area contributed by atoms with Gasteiger partial charge in [-0.3, -0.25) is 0 Å². The molecule has 1 aliphatic heterocycles. The number of amidine groups is 1. The van der Waals surface area contributed by atoms with Crippen molar-refractivity contribution in [1.29, 1.82) is 0 Å². The standard InChI is InChI=1S/C9H8Cl2N2O3S2/c10-5-3-6(11)8-7(4-5)12-9(17-2-1-14)13-18(8,15)16/h3-4,14H,1-2H2,(H,12,13). The van der Waals surface area contributed by atoms with Crippen LogP contribution in [0.25, 0.3) is 0 Å². The summed E-state index contributed by atoms with van der Waals surface area (Å²) in [6, 6.07) is 2.82. The topological polar surface area (TPSA) is 78.8 Å². The van der Waals surface area contributed by atoms with Crippen molar-refractivity contribution in [3.05, 3.63) is 22.2 Å². The fraction of sp³-hybridized carbons (Fsp3) is 0.222. The number of nitrogens with zero attached hydrogens (tertiary/aromatic N) is 1. The van der Waals surface area contributed by atoms with E-state index in [0.29, 0.717) is 16.5 Å². The van der Waals surface area contributed by atoms with Gasteiger partial charge in [0, 0.05) is 10.8 Å². The molecule has 1 aliphatic rings. The highest BCUT2D eigenvalue weighted by atomic mass is 35.5. The average molecular weight is 327 g/mol. The van der Waals surface area contributed by atoms with Gasteiger partial charge >= 0.3 is 0 Å². The number of fused-ring (bicyclic) bond motifs is 1. The highest BCUT2D eigenvalue weighted by molar-refractivity contribution is 8.14. The van der Waals surface area contributed by atoms with Crippen molar-refractivity contribution in [2.75, 3.05) is 17.7 Å². The minimum atomic E-state index is -3.84. The Morgan fingerprint density at radius 3 is 2.78 bits per heavy atom. The number of anilines is 1. The zero-order valence-electron chi connectivity index (χ0n) is 8.85. The first-order chi connectivity index (χ1) is 8.44. The Hall–Kier alpha value is -0.470. The molecule has 1 aromatic carbocycles. The average Bonchev–Trinajstić information content (AvgIpc) is 2.23. The Morgan fingerprint density at radius 1 is 1.39 bits per heavy atom. The first kappa shape index (κ1) is 14.0. The third-order valence-corrected chi connectivity index (χ3v) is 5.02. The van der Waals surface area contributed by atoms with Gasteiger partial charge < -0.3 is 10.4 Å². The minimum Gasteiger partial charge on any atom is -0.396 e. The number of nitrogens with one attached hydrogen (secondary N) is 1. The van der Waals surface area contributed by atoms with E-state index in [0.717, 1.165) is 11.8 Å². The van der Waals surface area contributed by atoms with Crippen molar-refractivity contribution in [3.8, 4) is 0 Å². The lowest BCUT2D eigenvalue weighted by atomic mass is 10.3. The number of aliphatic hydroxyl groups is 1. The fourth-order valence-corrected chi connectivity index (χ4v) is 4.22. The molecule has 2 rings (SSSR count). The van der Waals surface area contributed by atoms with Gasteiger partial charge in [-0.2, -0.15) is 8.42 Å². The SMILES string of the molecule is O=S1(=O)N=C(SCCO)Nc2cc(Cl)cc(Cl)c21. The molecule has 0 fully saturated rings. The maximum absolute atomic E-state index is 11.9. The molecule has 5 nitrogen and oxygen atoms in total. The molecular weight excluding hydrogens is 319 g/mol. The number of halogens is 2. The van der Waals surface area contributed by atoms with Gasteiger partial charge in [0.2, 0.25) is 0 Å². The lowest BCUT2D eigenvalue weighted by molar-refractivity contribution is 0.323. The Bertz CT molecular complexity index is 616. The molecule has 18 heavy (non-hydrogen) atoms. The lowest BCUT2D eigenvalue weighted by Crippen LogP contribution is -2.20. The zero-order valence-corrected chi connectivity index (χ0v) is 12.0. The van der Waals surface area contributed by atoms with Crippen molar-refractivity contribution in [3.63, 3.8) is 0 Å². The molecule has 0 radical (unpaired) electrons. The smallest absolute Gasteiger partial charge is 0.288 e. The van der Waals surface area contributed by atoms with Crippen LogP contribution in [0.2, 0.25) is 10.0 Å². The van der Waals surface area contributed by atoms with Crippen LogP contribution in [0.15, 0.2) is 21.4 Å². The van der Waals surface area contributed by atoms with Crippen LogP contribution in [0, 0.1) is 0 Å². The first-order valence-corrected chi connectivity index (χ1v) is 7.97. The zero-order chi connectivity index (χ0) is 13.3. The maximum Gasteiger partial charge on any atom is 0.288 e. The van der Waals surface area contributed by atoms with E-state index < -0.39 is 10.0 Å². The molecule has 0 atom stereocenters. The summed E-state index contributed by atoms with van der Waals surface area (Å²) in [5.41, 5.74) is 0.294. The summed E-state index contributed by atoms with van der Waals surface area (Å²) in [5, 5.41) is 12.1. The van der Waals surface area contributed by atoms with E-state index in [1.807, 2.05) is 0 Å². The molecule has 9 heteroatoms. The van der Waals surface area contributed by atoms with E-state index in [2.05, 4.69) is 9.71 Å². The van der Waals surface area contributed by atoms with Crippen LogP contribution in [0.4, 0.5) is 5.69 Å². The summed E-state index contributed by atoms with van der Waals surface area (Å²) >= 11 is 12.8. The first-order valence-electron chi connectivity index (χ1n) is 4.79. The summed E-state index contributed by atoms with van der Waals surface area (Å²) in [4.78, 5) is -0.0816. The maximum atomic E-state index is 11.9. The minimum absolute atomic E-state index is 0.0277. The molecule has 0 spiro atoms. The summed E-state index contributed by atoms with van der Waals surface area (Å²) in [6.07, 6.45) is 0. The van der Waals surface area contributed by atoms with Gasteiger partial charge in [-0.05, 0) is 12.1 Å². The molecule has 0 aromatic heterocycles. The molecule has 0 aliphatic carbocycles. The van der Waals surface area contributed by atoms with E-state index in [-0.39, 0.29) is 21.7 Å². The molecule has 0 saturated heterocycles. The summed E-state index contributed by atoms with van der Waals surface area (Å²) < 4.78 is 27.5.